The monoisotopic (exact) mass is 587 g/mol. The van der Waals surface area contributed by atoms with Crippen LogP contribution in [0.4, 0.5) is 4.79 Å². The van der Waals surface area contributed by atoms with Gasteiger partial charge in [0.15, 0.2) is 0 Å². The van der Waals surface area contributed by atoms with E-state index in [1.165, 1.54) is 5.56 Å². The van der Waals surface area contributed by atoms with E-state index >= 15 is 0 Å². The van der Waals surface area contributed by atoms with Gasteiger partial charge in [0.1, 0.15) is 12.3 Å². The quantitative estimate of drug-likeness (QED) is 0.257. The number of carbonyl (C=O) groups is 2. The third-order valence-corrected chi connectivity index (χ3v) is 9.22. The number of benzene rings is 3. The molecular formula is C33H37N3O5S. The third-order valence-electron chi connectivity index (χ3n) is 7.81. The molecule has 0 saturated carbocycles. The van der Waals surface area contributed by atoms with E-state index in [1.807, 2.05) is 84.3 Å². The Morgan fingerprint density at radius 1 is 0.929 bits per heavy atom. The molecule has 42 heavy (non-hydrogen) atoms. The second-order valence-corrected chi connectivity index (χ2v) is 12.7. The molecule has 220 valence electrons. The Bertz CT molecular complexity index is 1630. The number of hydrogen-bond donors (Lipinski definition) is 1. The number of piperidine rings is 1. The SMILES string of the molecule is Cc1c(C(=O)NS(=O)(=O)C[C@@H]2CCCN(C(=O)OCc3ccccc3)C2)n(CCCc2ccccc2)c2ccccc12. The first-order valence-electron chi connectivity index (χ1n) is 14.4. The van der Waals surface area contributed by atoms with Crippen molar-refractivity contribution in [3.63, 3.8) is 0 Å². The maximum absolute atomic E-state index is 13.5. The molecule has 1 aliphatic rings. The number of hydrogen-bond acceptors (Lipinski definition) is 5. The molecule has 1 aliphatic heterocycles. The van der Waals surface area contributed by atoms with Crippen LogP contribution in [0.3, 0.4) is 0 Å². The number of likely N-dealkylation sites (tertiary alicyclic amines) is 1. The second kappa shape index (κ2) is 13.2. The fourth-order valence-corrected chi connectivity index (χ4v) is 7.16. The molecule has 0 bridgehead atoms. The number of fused-ring (bicyclic) bond motifs is 1. The Hall–Kier alpha value is -4.11. The number of ether oxygens (including phenoxy) is 1. The molecule has 8 nitrogen and oxygen atoms in total. The zero-order chi connectivity index (χ0) is 29.5. The lowest BCUT2D eigenvalue weighted by Gasteiger charge is -2.31. The summed E-state index contributed by atoms with van der Waals surface area (Å²) in [7, 11) is -3.96. The standard InChI is InChI=1S/C33H37N3O5S/c1-25-29-18-8-9-19-30(29)36(21-11-16-26-12-4-2-5-13-26)31(25)32(37)34-42(39,40)24-28-17-10-20-35(22-28)33(38)41-23-27-14-6-3-7-15-27/h2-9,12-15,18-19,28H,10-11,16-17,20-24H2,1H3,(H,34,37)/t28-/m1/s1. The Labute approximate surface area is 247 Å². The highest BCUT2D eigenvalue weighted by Crippen LogP contribution is 2.27. The van der Waals surface area contributed by atoms with Crippen molar-refractivity contribution in [3.8, 4) is 0 Å². The van der Waals surface area contributed by atoms with E-state index in [1.54, 1.807) is 4.90 Å². The van der Waals surface area contributed by atoms with Crippen molar-refractivity contribution in [2.45, 2.75) is 45.8 Å². The summed E-state index contributed by atoms with van der Waals surface area (Å²) in [5, 5.41) is 0.927. The number of rotatable bonds is 10. The molecule has 1 aromatic heterocycles. The zero-order valence-electron chi connectivity index (χ0n) is 23.9. The molecule has 1 saturated heterocycles. The summed E-state index contributed by atoms with van der Waals surface area (Å²) in [6.45, 7) is 3.38. The van der Waals surface area contributed by atoms with E-state index in [0.29, 0.717) is 31.6 Å². The summed E-state index contributed by atoms with van der Waals surface area (Å²) in [5.41, 5.74) is 4.12. The van der Waals surface area contributed by atoms with E-state index in [4.69, 9.17) is 4.74 Å². The molecule has 4 aromatic rings. The number of carbonyl (C=O) groups excluding carboxylic acids is 2. The minimum atomic E-state index is -3.96. The molecule has 9 heteroatoms. The van der Waals surface area contributed by atoms with Gasteiger partial charge >= 0.3 is 6.09 Å². The number of sulfonamides is 1. The van der Waals surface area contributed by atoms with Crippen molar-refractivity contribution >= 4 is 32.9 Å². The number of amides is 2. The van der Waals surface area contributed by atoms with Crippen LogP contribution in [0.2, 0.25) is 0 Å². The lowest BCUT2D eigenvalue weighted by molar-refractivity contribution is 0.0811. The average molecular weight is 588 g/mol. The molecule has 2 amide bonds. The molecule has 0 unspecified atom stereocenters. The molecule has 0 spiro atoms. The molecule has 2 heterocycles. The zero-order valence-corrected chi connectivity index (χ0v) is 24.7. The molecule has 5 rings (SSSR count). The summed E-state index contributed by atoms with van der Waals surface area (Å²) in [5.74, 6) is -1.17. The van der Waals surface area contributed by atoms with Crippen molar-refractivity contribution in [3.05, 3.63) is 107 Å². The lowest BCUT2D eigenvalue weighted by Crippen LogP contribution is -2.44. The van der Waals surface area contributed by atoms with Crippen LogP contribution in [0.15, 0.2) is 84.9 Å². The van der Waals surface area contributed by atoms with Crippen molar-refractivity contribution < 1.29 is 22.7 Å². The first-order chi connectivity index (χ1) is 20.3. The van der Waals surface area contributed by atoms with Gasteiger partial charge in [0.2, 0.25) is 10.0 Å². The summed E-state index contributed by atoms with van der Waals surface area (Å²) in [4.78, 5) is 27.8. The summed E-state index contributed by atoms with van der Waals surface area (Å²) < 4.78 is 36.2. The molecule has 1 atom stereocenters. The van der Waals surface area contributed by atoms with E-state index in [2.05, 4.69) is 16.9 Å². The molecule has 0 aliphatic carbocycles. The van der Waals surface area contributed by atoms with Crippen LogP contribution >= 0.6 is 0 Å². The van der Waals surface area contributed by atoms with Crippen molar-refractivity contribution in [2.75, 3.05) is 18.8 Å². The molecule has 1 N–H and O–H groups in total. The number of nitrogens with zero attached hydrogens (tertiary/aromatic N) is 2. The Morgan fingerprint density at radius 3 is 2.33 bits per heavy atom. The maximum atomic E-state index is 13.5. The van der Waals surface area contributed by atoms with Crippen LogP contribution in [0, 0.1) is 12.8 Å². The normalized spacial score (nSPS) is 15.5. The molecular weight excluding hydrogens is 550 g/mol. The number of para-hydroxylation sites is 1. The van der Waals surface area contributed by atoms with Crippen LogP contribution in [0.5, 0.6) is 0 Å². The van der Waals surface area contributed by atoms with Crippen LogP contribution in [0.25, 0.3) is 10.9 Å². The minimum Gasteiger partial charge on any atom is -0.445 e. The minimum absolute atomic E-state index is 0.161. The largest absolute Gasteiger partial charge is 0.445 e. The Morgan fingerprint density at radius 2 is 1.60 bits per heavy atom. The van der Waals surface area contributed by atoms with Gasteiger partial charge < -0.3 is 14.2 Å². The predicted molar refractivity (Wildman–Crippen MR) is 164 cm³/mol. The van der Waals surface area contributed by atoms with Gasteiger partial charge in [-0.3, -0.25) is 4.79 Å². The lowest BCUT2D eigenvalue weighted by atomic mass is 10.0. The highest BCUT2D eigenvalue weighted by molar-refractivity contribution is 7.90. The van der Waals surface area contributed by atoms with Gasteiger partial charge in [0.05, 0.1) is 5.75 Å². The van der Waals surface area contributed by atoms with Gasteiger partial charge in [-0.15, -0.1) is 0 Å². The van der Waals surface area contributed by atoms with E-state index in [-0.39, 0.29) is 24.8 Å². The molecule has 1 fully saturated rings. The number of nitrogens with one attached hydrogen (secondary N) is 1. The van der Waals surface area contributed by atoms with E-state index in [9.17, 15) is 18.0 Å². The van der Waals surface area contributed by atoms with E-state index < -0.39 is 22.0 Å². The van der Waals surface area contributed by atoms with Gasteiger partial charge in [-0.2, -0.15) is 0 Å². The fourth-order valence-electron chi connectivity index (χ4n) is 5.81. The van der Waals surface area contributed by atoms with Crippen LogP contribution < -0.4 is 4.72 Å². The van der Waals surface area contributed by atoms with Crippen molar-refractivity contribution in [1.29, 1.82) is 0 Å². The van der Waals surface area contributed by atoms with Gasteiger partial charge in [0.25, 0.3) is 5.91 Å². The highest BCUT2D eigenvalue weighted by Gasteiger charge is 2.30. The van der Waals surface area contributed by atoms with Crippen LogP contribution in [-0.2, 0) is 34.3 Å². The van der Waals surface area contributed by atoms with Crippen LogP contribution in [0.1, 0.15) is 46.4 Å². The Kier molecular flexibility index (Phi) is 9.27. The summed E-state index contributed by atoms with van der Waals surface area (Å²) >= 11 is 0. The first-order valence-corrected chi connectivity index (χ1v) is 16.1. The second-order valence-electron chi connectivity index (χ2n) is 10.9. The molecule has 3 aromatic carbocycles. The van der Waals surface area contributed by atoms with Gasteiger partial charge in [0, 0.05) is 30.5 Å². The fraction of sp³-hybridized carbons (Fsp3) is 0.333. The molecule has 0 radical (unpaired) electrons. The number of aromatic nitrogens is 1. The summed E-state index contributed by atoms with van der Waals surface area (Å²) in [6, 6.07) is 27.3. The smallest absolute Gasteiger partial charge is 0.410 e. The van der Waals surface area contributed by atoms with Gasteiger partial charge in [-0.25, -0.2) is 17.9 Å². The third kappa shape index (κ3) is 7.20. The van der Waals surface area contributed by atoms with Crippen LogP contribution in [-0.4, -0.2) is 48.7 Å². The topological polar surface area (TPSA) is 97.7 Å². The van der Waals surface area contributed by atoms with Crippen molar-refractivity contribution in [1.82, 2.24) is 14.2 Å². The van der Waals surface area contributed by atoms with Gasteiger partial charge in [-0.1, -0.05) is 78.9 Å². The first kappa shape index (κ1) is 29.4. The highest BCUT2D eigenvalue weighted by atomic mass is 32.2. The van der Waals surface area contributed by atoms with E-state index in [0.717, 1.165) is 34.9 Å². The average Bonchev–Trinajstić information content (AvgIpc) is 3.28. The number of aryl methyl sites for hydroxylation is 3. The Balaban J connectivity index is 1.24. The van der Waals surface area contributed by atoms with Crippen molar-refractivity contribution in [2.24, 2.45) is 5.92 Å². The maximum Gasteiger partial charge on any atom is 0.410 e. The van der Waals surface area contributed by atoms with Gasteiger partial charge in [-0.05, 0) is 61.3 Å². The predicted octanol–water partition coefficient (Wildman–Crippen LogP) is 5.69. The summed E-state index contributed by atoms with van der Waals surface area (Å²) in [6.07, 6.45) is 2.51.